The number of amides is 2. The predicted molar refractivity (Wildman–Crippen MR) is 53.8 cm³/mol. The van der Waals surface area contributed by atoms with Gasteiger partial charge in [-0.2, -0.15) is 5.10 Å². The maximum atomic E-state index is 11.0. The van der Waals surface area contributed by atoms with Crippen molar-refractivity contribution in [1.82, 2.24) is 10.9 Å². The smallest absolute Gasteiger partial charge is 0.278 e. The van der Waals surface area contributed by atoms with Gasteiger partial charge in [-0.1, -0.05) is 18.2 Å². The highest BCUT2D eigenvalue weighted by molar-refractivity contribution is 6.67. The number of hydrazine groups is 1. The first-order valence-electron chi connectivity index (χ1n) is 4.27. The lowest BCUT2D eigenvalue weighted by Crippen LogP contribution is -2.28. The van der Waals surface area contributed by atoms with E-state index in [-0.39, 0.29) is 5.71 Å². The molecule has 0 aliphatic carbocycles. The fourth-order valence-electron chi connectivity index (χ4n) is 1.07. The summed E-state index contributed by atoms with van der Waals surface area (Å²) in [6.07, 6.45) is 0. The van der Waals surface area contributed by atoms with E-state index in [0.717, 1.165) is 0 Å². The quantitative estimate of drug-likeness (QED) is 0.574. The first kappa shape index (κ1) is 9.20. The zero-order chi connectivity index (χ0) is 10.7. The van der Waals surface area contributed by atoms with Gasteiger partial charge in [-0.05, 0) is 12.1 Å². The molecule has 0 aromatic heterocycles. The number of carbonyl (C=O) groups is 2. The van der Waals surface area contributed by atoms with Crippen LogP contribution in [0.4, 0.5) is 5.69 Å². The van der Waals surface area contributed by atoms with Gasteiger partial charge in [0.25, 0.3) is 11.8 Å². The summed E-state index contributed by atoms with van der Waals surface area (Å²) in [5, 5.41) is 3.70. The second-order valence-electron chi connectivity index (χ2n) is 2.85. The summed E-state index contributed by atoms with van der Waals surface area (Å²) < 4.78 is 0. The second-order valence-corrected chi connectivity index (χ2v) is 2.85. The molecule has 1 heterocycles. The van der Waals surface area contributed by atoms with Crippen LogP contribution in [0, 0.1) is 0 Å². The van der Waals surface area contributed by atoms with E-state index >= 15 is 0 Å². The SMILES string of the molecule is O=C1NNC(=O)C1=NNc1ccccc1. The van der Waals surface area contributed by atoms with Crippen LogP contribution in [-0.4, -0.2) is 17.5 Å². The first-order valence-corrected chi connectivity index (χ1v) is 4.27. The monoisotopic (exact) mass is 204 g/mol. The largest absolute Gasteiger partial charge is 0.295 e. The number of nitrogens with zero attached hydrogens (tertiary/aromatic N) is 1. The van der Waals surface area contributed by atoms with Gasteiger partial charge in [-0.25, -0.2) is 0 Å². The molecule has 2 rings (SSSR count). The number of nitrogens with one attached hydrogen (secondary N) is 3. The average molecular weight is 204 g/mol. The number of rotatable bonds is 2. The minimum Gasteiger partial charge on any atom is -0.278 e. The molecule has 0 bridgehead atoms. The Balaban J connectivity index is 2.12. The minimum absolute atomic E-state index is 0.182. The third-order valence-corrected chi connectivity index (χ3v) is 1.79. The average Bonchev–Trinajstić information content (AvgIpc) is 2.58. The maximum Gasteiger partial charge on any atom is 0.295 e. The molecule has 0 spiro atoms. The van der Waals surface area contributed by atoms with Gasteiger partial charge in [0.15, 0.2) is 0 Å². The summed E-state index contributed by atoms with van der Waals surface area (Å²) in [5.74, 6) is -1.08. The van der Waals surface area contributed by atoms with E-state index in [0.29, 0.717) is 5.69 Å². The number of benzene rings is 1. The molecule has 6 nitrogen and oxygen atoms in total. The third-order valence-electron chi connectivity index (χ3n) is 1.79. The van der Waals surface area contributed by atoms with Crippen LogP contribution in [0.5, 0.6) is 0 Å². The van der Waals surface area contributed by atoms with E-state index in [2.05, 4.69) is 21.4 Å². The van der Waals surface area contributed by atoms with E-state index in [1.807, 2.05) is 18.2 Å². The van der Waals surface area contributed by atoms with Gasteiger partial charge in [0, 0.05) is 0 Å². The van der Waals surface area contributed by atoms with Crippen LogP contribution < -0.4 is 16.3 Å². The summed E-state index contributed by atoms with van der Waals surface area (Å²) in [5.41, 5.74) is 7.43. The Kier molecular flexibility index (Phi) is 2.32. The lowest BCUT2D eigenvalue weighted by molar-refractivity contribution is -0.116. The van der Waals surface area contributed by atoms with Gasteiger partial charge in [-0.3, -0.25) is 25.9 Å². The van der Waals surface area contributed by atoms with E-state index in [1.54, 1.807) is 12.1 Å². The van der Waals surface area contributed by atoms with Crippen molar-refractivity contribution < 1.29 is 9.59 Å². The van der Waals surface area contributed by atoms with Crippen molar-refractivity contribution in [3.63, 3.8) is 0 Å². The molecule has 1 aliphatic rings. The standard InChI is InChI=1S/C9H8N4O2/c14-8-7(9(15)13-12-8)11-10-6-4-2-1-3-5-6/h1-5,10H,(H2,11,12,13,14,15). The second kappa shape index (κ2) is 3.79. The van der Waals surface area contributed by atoms with E-state index in [4.69, 9.17) is 0 Å². The zero-order valence-electron chi connectivity index (χ0n) is 7.65. The van der Waals surface area contributed by atoms with Crippen molar-refractivity contribution in [2.45, 2.75) is 0 Å². The normalized spacial score (nSPS) is 14.5. The fraction of sp³-hybridized carbons (Fsp3) is 0. The van der Waals surface area contributed by atoms with Crippen molar-refractivity contribution in [2.24, 2.45) is 5.10 Å². The number of hydrazone groups is 1. The van der Waals surface area contributed by atoms with Gasteiger partial charge in [-0.15, -0.1) is 0 Å². The third kappa shape index (κ3) is 1.93. The number of carbonyl (C=O) groups excluding carboxylic acids is 2. The van der Waals surface area contributed by atoms with E-state index in [9.17, 15) is 9.59 Å². The molecule has 15 heavy (non-hydrogen) atoms. The molecule has 1 aromatic rings. The highest BCUT2D eigenvalue weighted by Gasteiger charge is 2.27. The Morgan fingerprint density at radius 1 is 1.00 bits per heavy atom. The summed E-state index contributed by atoms with van der Waals surface area (Å²) in [6, 6.07) is 9.03. The zero-order valence-corrected chi connectivity index (χ0v) is 7.65. The molecule has 1 aromatic carbocycles. The van der Waals surface area contributed by atoms with E-state index < -0.39 is 11.8 Å². The molecule has 6 heteroatoms. The Labute approximate surface area is 85.3 Å². The number of hydrogen-bond acceptors (Lipinski definition) is 4. The molecule has 3 N–H and O–H groups in total. The predicted octanol–water partition coefficient (Wildman–Crippen LogP) is -0.385. The van der Waals surface area contributed by atoms with Crippen LogP contribution in [0.15, 0.2) is 35.4 Å². The molecule has 76 valence electrons. The summed E-state index contributed by atoms with van der Waals surface area (Å²) in [7, 11) is 0. The molecular weight excluding hydrogens is 196 g/mol. The summed E-state index contributed by atoms with van der Waals surface area (Å²) in [6.45, 7) is 0. The van der Waals surface area contributed by atoms with Crippen LogP contribution in [0.2, 0.25) is 0 Å². The van der Waals surface area contributed by atoms with Crippen molar-refractivity contribution in [3.8, 4) is 0 Å². The van der Waals surface area contributed by atoms with Crippen molar-refractivity contribution in [1.29, 1.82) is 0 Å². The molecule has 2 amide bonds. The van der Waals surface area contributed by atoms with E-state index in [1.165, 1.54) is 0 Å². The minimum atomic E-state index is -0.538. The van der Waals surface area contributed by atoms with Crippen LogP contribution in [0.1, 0.15) is 0 Å². The molecule has 1 saturated heterocycles. The number of anilines is 1. The van der Waals surface area contributed by atoms with Crippen LogP contribution in [-0.2, 0) is 9.59 Å². The fourth-order valence-corrected chi connectivity index (χ4v) is 1.07. The lowest BCUT2D eigenvalue weighted by Gasteiger charge is -1.98. The molecule has 1 aliphatic heterocycles. The molecule has 1 fully saturated rings. The molecule has 0 radical (unpaired) electrons. The van der Waals surface area contributed by atoms with Gasteiger partial charge in [0.05, 0.1) is 5.69 Å². The summed E-state index contributed by atoms with van der Waals surface area (Å²) in [4.78, 5) is 22.1. The number of para-hydroxylation sites is 1. The van der Waals surface area contributed by atoms with Gasteiger partial charge in [0.2, 0.25) is 5.71 Å². The first-order chi connectivity index (χ1) is 7.27. The maximum absolute atomic E-state index is 11.0. The molecule has 0 unspecified atom stereocenters. The van der Waals surface area contributed by atoms with Gasteiger partial charge >= 0.3 is 0 Å². The molecule has 0 atom stereocenters. The highest BCUT2D eigenvalue weighted by atomic mass is 16.2. The van der Waals surface area contributed by atoms with Crippen molar-refractivity contribution in [3.05, 3.63) is 30.3 Å². The Morgan fingerprint density at radius 2 is 1.60 bits per heavy atom. The Bertz CT molecular complexity index is 409. The van der Waals surface area contributed by atoms with Crippen LogP contribution >= 0.6 is 0 Å². The van der Waals surface area contributed by atoms with Gasteiger partial charge in [0.1, 0.15) is 0 Å². The van der Waals surface area contributed by atoms with Gasteiger partial charge < -0.3 is 0 Å². The highest BCUT2D eigenvalue weighted by Crippen LogP contribution is 2.04. The van der Waals surface area contributed by atoms with Crippen molar-refractivity contribution in [2.75, 3.05) is 5.43 Å². The summed E-state index contributed by atoms with van der Waals surface area (Å²) >= 11 is 0. The van der Waals surface area contributed by atoms with Crippen molar-refractivity contribution >= 4 is 23.2 Å². The number of hydrogen-bond donors (Lipinski definition) is 3. The van der Waals surface area contributed by atoms with Crippen LogP contribution in [0.25, 0.3) is 0 Å². The van der Waals surface area contributed by atoms with Crippen LogP contribution in [0.3, 0.4) is 0 Å². The molecule has 0 saturated carbocycles. The Morgan fingerprint density at radius 3 is 2.20 bits per heavy atom. The topological polar surface area (TPSA) is 82.6 Å². The lowest BCUT2D eigenvalue weighted by atomic mass is 10.3. The molecular formula is C9H8N4O2. The Hall–Kier alpha value is -2.37.